The molecule has 1 aromatic carbocycles. The van der Waals surface area contributed by atoms with Gasteiger partial charge >= 0.3 is 6.03 Å². The number of amides is 2. The van der Waals surface area contributed by atoms with E-state index in [1.807, 2.05) is 25.1 Å². The molecule has 3 N–H and O–H groups in total. The zero-order valence-electron chi connectivity index (χ0n) is 9.49. The Morgan fingerprint density at radius 1 is 1.56 bits per heavy atom. The van der Waals surface area contributed by atoms with Crippen molar-refractivity contribution < 1.29 is 4.79 Å². The molecule has 1 aliphatic heterocycles. The number of fused-ring (bicyclic) bond motifs is 1. The maximum atomic E-state index is 11.8. The Balaban J connectivity index is 2.33. The second-order valence-corrected chi connectivity index (χ2v) is 3.94. The van der Waals surface area contributed by atoms with E-state index in [0.29, 0.717) is 6.54 Å². The number of nitrogens with zero attached hydrogens (tertiary/aromatic N) is 1. The van der Waals surface area contributed by atoms with Crippen molar-refractivity contribution in [3.8, 4) is 0 Å². The van der Waals surface area contributed by atoms with Crippen LogP contribution in [0.15, 0.2) is 18.2 Å². The molecule has 2 amide bonds. The van der Waals surface area contributed by atoms with Crippen molar-refractivity contribution in [3.05, 3.63) is 23.8 Å². The molecule has 0 unspecified atom stereocenters. The van der Waals surface area contributed by atoms with Crippen molar-refractivity contribution in [2.75, 3.05) is 23.7 Å². The maximum Gasteiger partial charge on any atom is 0.321 e. The Labute approximate surface area is 95.4 Å². The summed E-state index contributed by atoms with van der Waals surface area (Å²) in [7, 11) is 0. The predicted molar refractivity (Wildman–Crippen MR) is 65.6 cm³/mol. The number of rotatable bonds is 1. The molecule has 1 aromatic rings. The Hall–Kier alpha value is -1.71. The Morgan fingerprint density at radius 3 is 3.12 bits per heavy atom. The molecule has 16 heavy (non-hydrogen) atoms. The second kappa shape index (κ2) is 4.43. The average Bonchev–Trinajstić information content (AvgIpc) is 2.29. The average molecular weight is 219 g/mol. The molecule has 1 heterocycles. The summed E-state index contributed by atoms with van der Waals surface area (Å²) in [6.07, 6.45) is 1.93. The summed E-state index contributed by atoms with van der Waals surface area (Å²) in [5.74, 6) is 0. The Bertz CT molecular complexity index is 403. The van der Waals surface area contributed by atoms with E-state index in [4.69, 9.17) is 5.73 Å². The molecule has 1 aliphatic rings. The Morgan fingerprint density at radius 2 is 2.38 bits per heavy atom. The van der Waals surface area contributed by atoms with E-state index < -0.39 is 0 Å². The van der Waals surface area contributed by atoms with Crippen LogP contribution in [0, 0.1) is 0 Å². The number of nitrogens with one attached hydrogen (secondary N) is 1. The van der Waals surface area contributed by atoms with Crippen LogP contribution in [0.2, 0.25) is 0 Å². The molecule has 4 nitrogen and oxygen atoms in total. The monoisotopic (exact) mass is 219 g/mol. The molecule has 86 valence electrons. The standard InChI is InChI=1S/C12H17N3O/c1-2-14-12(16)15-8-4-5-9-10(13)6-3-7-11(9)15/h3,6-7H,2,4-5,8,13H2,1H3,(H,14,16). The van der Waals surface area contributed by atoms with Crippen LogP contribution in [0.25, 0.3) is 0 Å². The summed E-state index contributed by atoms with van der Waals surface area (Å²) in [4.78, 5) is 13.6. The maximum absolute atomic E-state index is 11.8. The van der Waals surface area contributed by atoms with Gasteiger partial charge in [-0.3, -0.25) is 4.90 Å². The first-order valence-corrected chi connectivity index (χ1v) is 5.66. The molecule has 0 aliphatic carbocycles. The fourth-order valence-electron chi connectivity index (χ4n) is 2.11. The lowest BCUT2D eigenvalue weighted by Gasteiger charge is -2.30. The fourth-order valence-corrected chi connectivity index (χ4v) is 2.11. The van der Waals surface area contributed by atoms with Crippen molar-refractivity contribution in [1.29, 1.82) is 0 Å². The van der Waals surface area contributed by atoms with Gasteiger partial charge < -0.3 is 11.1 Å². The largest absolute Gasteiger partial charge is 0.398 e. The minimum atomic E-state index is -0.0333. The van der Waals surface area contributed by atoms with E-state index in [0.717, 1.165) is 36.3 Å². The van der Waals surface area contributed by atoms with Crippen LogP contribution in [0.3, 0.4) is 0 Å². The van der Waals surface area contributed by atoms with Gasteiger partial charge in [0.2, 0.25) is 0 Å². The third-order valence-corrected chi connectivity index (χ3v) is 2.86. The zero-order chi connectivity index (χ0) is 11.5. The lowest BCUT2D eigenvalue weighted by molar-refractivity contribution is 0.246. The van der Waals surface area contributed by atoms with Gasteiger partial charge in [0.15, 0.2) is 0 Å². The molecule has 0 saturated carbocycles. The molecule has 0 bridgehead atoms. The number of carbonyl (C=O) groups excluding carboxylic acids is 1. The number of hydrogen-bond donors (Lipinski definition) is 2. The zero-order valence-corrected chi connectivity index (χ0v) is 9.49. The molecule has 0 aromatic heterocycles. The lowest BCUT2D eigenvalue weighted by atomic mass is 10.0. The molecule has 2 rings (SSSR count). The first kappa shape index (κ1) is 10.8. The van der Waals surface area contributed by atoms with Gasteiger partial charge in [0.1, 0.15) is 0 Å². The molecule has 0 spiro atoms. The quantitative estimate of drug-likeness (QED) is 0.707. The number of carbonyl (C=O) groups is 1. The first-order valence-electron chi connectivity index (χ1n) is 5.66. The van der Waals surface area contributed by atoms with Crippen molar-refractivity contribution >= 4 is 17.4 Å². The van der Waals surface area contributed by atoms with Crippen LogP contribution in [-0.2, 0) is 6.42 Å². The van der Waals surface area contributed by atoms with Crippen molar-refractivity contribution in [3.63, 3.8) is 0 Å². The van der Waals surface area contributed by atoms with Gasteiger partial charge in [0.05, 0.1) is 5.69 Å². The van der Waals surface area contributed by atoms with Crippen LogP contribution in [0.1, 0.15) is 18.9 Å². The molecule has 4 heteroatoms. The first-order chi connectivity index (χ1) is 7.74. The molecule has 0 atom stereocenters. The summed E-state index contributed by atoms with van der Waals surface area (Å²) >= 11 is 0. The van der Waals surface area contributed by atoms with Gasteiger partial charge in [0, 0.05) is 18.8 Å². The highest BCUT2D eigenvalue weighted by Crippen LogP contribution is 2.31. The SMILES string of the molecule is CCNC(=O)N1CCCc2c(N)cccc21. The van der Waals surface area contributed by atoms with E-state index in [9.17, 15) is 4.79 Å². The van der Waals surface area contributed by atoms with E-state index in [2.05, 4.69) is 5.32 Å². The number of nitrogen functional groups attached to an aromatic ring is 1. The molecular formula is C12H17N3O. The minimum absolute atomic E-state index is 0.0333. The van der Waals surface area contributed by atoms with E-state index in [1.54, 1.807) is 4.90 Å². The number of hydrogen-bond acceptors (Lipinski definition) is 2. The van der Waals surface area contributed by atoms with Crippen LogP contribution >= 0.6 is 0 Å². The number of urea groups is 1. The normalized spacial score (nSPS) is 14.4. The highest BCUT2D eigenvalue weighted by molar-refractivity contribution is 5.94. The summed E-state index contributed by atoms with van der Waals surface area (Å²) in [5, 5.41) is 2.82. The van der Waals surface area contributed by atoms with Gasteiger partial charge in [-0.1, -0.05) is 6.07 Å². The van der Waals surface area contributed by atoms with E-state index >= 15 is 0 Å². The van der Waals surface area contributed by atoms with Crippen molar-refractivity contribution in [2.24, 2.45) is 0 Å². The van der Waals surface area contributed by atoms with Gasteiger partial charge in [-0.25, -0.2) is 4.79 Å². The van der Waals surface area contributed by atoms with Crippen LogP contribution in [0.4, 0.5) is 16.2 Å². The number of nitrogens with two attached hydrogens (primary N) is 1. The summed E-state index contributed by atoms with van der Waals surface area (Å²) < 4.78 is 0. The van der Waals surface area contributed by atoms with Gasteiger partial charge in [-0.15, -0.1) is 0 Å². The smallest absolute Gasteiger partial charge is 0.321 e. The number of benzene rings is 1. The van der Waals surface area contributed by atoms with Gasteiger partial charge in [-0.2, -0.15) is 0 Å². The lowest BCUT2D eigenvalue weighted by Crippen LogP contribution is -2.42. The molecular weight excluding hydrogens is 202 g/mol. The number of anilines is 2. The third-order valence-electron chi connectivity index (χ3n) is 2.86. The fraction of sp³-hybridized carbons (Fsp3) is 0.417. The van der Waals surface area contributed by atoms with Crippen molar-refractivity contribution in [2.45, 2.75) is 19.8 Å². The van der Waals surface area contributed by atoms with Crippen LogP contribution in [0.5, 0.6) is 0 Å². The van der Waals surface area contributed by atoms with Crippen molar-refractivity contribution in [1.82, 2.24) is 5.32 Å². The minimum Gasteiger partial charge on any atom is -0.398 e. The highest BCUT2D eigenvalue weighted by Gasteiger charge is 2.22. The third kappa shape index (κ3) is 1.83. The second-order valence-electron chi connectivity index (χ2n) is 3.94. The summed E-state index contributed by atoms with van der Waals surface area (Å²) in [6.45, 7) is 3.33. The van der Waals surface area contributed by atoms with E-state index in [-0.39, 0.29) is 6.03 Å². The molecule has 0 fully saturated rings. The summed E-state index contributed by atoms with van der Waals surface area (Å²) in [6, 6.07) is 5.71. The van der Waals surface area contributed by atoms with E-state index in [1.165, 1.54) is 0 Å². The van der Waals surface area contributed by atoms with Gasteiger partial charge in [-0.05, 0) is 37.5 Å². The molecule has 0 radical (unpaired) electrons. The Kier molecular flexibility index (Phi) is 2.99. The highest BCUT2D eigenvalue weighted by atomic mass is 16.2. The molecule has 0 saturated heterocycles. The van der Waals surface area contributed by atoms with Crippen LogP contribution < -0.4 is 16.0 Å². The predicted octanol–water partition coefficient (Wildman–Crippen LogP) is 1.75. The van der Waals surface area contributed by atoms with Gasteiger partial charge in [0.25, 0.3) is 0 Å². The topological polar surface area (TPSA) is 58.4 Å². The summed E-state index contributed by atoms with van der Waals surface area (Å²) in [5.41, 5.74) is 8.76. The van der Waals surface area contributed by atoms with Crippen LogP contribution in [-0.4, -0.2) is 19.1 Å².